The van der Waals surface area contributed by atoms with E-state index < -0.39 is 0 Å². The van der Waals surface area contributed by atoms with Gasteiger partial charge in [0.05, 0.1) is 31.0 Å². The minimum atomic E-state index is -0.283. The molecule has 0 aliphatic carbocycles. The summed E-state index contributed by atoms with van der Waals surface area (Å²) < 4.78 is 17.0. The Labute approximate surface area is 209 Å². The maximum Gasteiger partial charge on any atom is 0.255 e. The van der Waals surface area contributed by atoms with Crippen LogP contribution in [0.5, 0.6) is 11.5 Å². The molecule has 4 rings (SSSR count). The van der Waals surface area contributed by atoms with Gasteiger partial charge in [0.1, 0.15) is 17.2 Å². The second-order valence-corrected chi connectivity index (χ2v) is 8.34. The molecule has 1 heterocycles. The quantitative estimate of drug-likeness (QED) is 0.315. The van der Waals surface area contributed by atoms with Gasteiger partial charge in [0, 0.05) is 23.1 Å². The molecule has 0 aliphatic heterocycles. The second kappa shape index (κ2) is 10.9. The van der Waals surface area contributed by atoms with E-state index in [2.05, 4.69) is 15.8 Å². The lowest BCUT2D eigenvalue weighted by molar-refractivity contribution is -0.115. The molecular weight excluding hydrogens is 458 g/mol. The van der Waals surface area contributed by atoms with Gasteiger partial charge in [-0.3, -0.25) is 9.59 Å². The van der Waals surface area contributed by atoms with Gasteiger partial charge < -0.3 is 24.6 Å². The van der Waals surface area contributed by atoms with Crippen molar-refractivity contribution < 1.29 is 23.6 Å². The molecular formula is C28H29N3O5. The maximum absolute atomic E-state index is 13.0. The molecule has 0 atom stereocenters. The van der Waals surface area contributed by atoms with Crippen LogP contribution in [-0.4, -0.2) is 30.2 Å². The molecule has 4 aromatic rings. The third kappa shape index (κ3) is 5.49. The van der Waals surface area contributed by atoms with E-state index in [1.54, 1.807) is 36.4 Å². The first kappa shape index (κ1) is 24.8. The van der Waals surface area contributed by atoms with Crippen LogP contribution in [-0.2, 0) is 11.2 Å². The zero-order chi connectivity index (χ0) is 25.7. The third-order valence-electron chi connectivity index (χ3n) is 5.55. The Kier molecular flexibility index (Phi) is 7.53. The van der Waals surface area contributed by atoms with Crippen LogP contribution in [0.4, 0.5) is 11.4 Å². The van der Waals surface area contributed by atoms with Crippen molar-refractivity contribution in [1.82, 2.24) is 5.16 Å². The number of aryl methyl sites for hydroxylation is 2. The number of aromatic nitrogens is 1. The van der Waals surface area contributed by atoms with E-state index in [0.717, 1.165) is 16.5 Å². The number of nitrogens with zero attached hydrogens (tertiary/aromatic N) is 1. The predicted octanol–water partition coefficient (Wildman–Crippen LogP) is 5.68. The van der Waals surface area contributed by atoms with Gasteiger partial charge in [0.15, 0.2) is 5.58 Å². The summed E-state index contributed by atoms with van der Waals surface area (Å²) in [6.07, 6.45) is 0.0267. The van der Waals surface area contributed by atoms with Gasteiger partial charge in [-0.2, -0.15) is 0 Å². The first-order valence-electron chi connectivity index (χ1n) is 11.8. The lowest BCUT2D eigenvalue weighted by Gasteiger charge is -2.18. The summed E-state index contributed by atoms with van der Waals surface area (Å²) in [6.45, 7) is 8.39. The molecule has 2 N–H and O–H groups in total. The van der Waals surface area contributed by atoms with Crippen molar-refractivity contribution in [1.29, 1.82) is 0 Å². The monoisotopic (exact) mass is 487 g/mol. The molecule has 0 saturated heterocycles. The summed E-state index contributed by atoms with van der Waals surface area (Å²) in [4.78, 5) is 25.8. The predicted molar refractivity (Wildman–Crippen MR) is 139 cm³/mol. The lowest BCUT2D eigenvalue weighted by atomic mass is 10.0. The van der Waals surface area contributed by atoms with Crippen LogP contribution < -0.4 is 20.1 Å². The SMILES string of the molecule is CCOc1cc(NC(=O)c2ccccc2)c(OCC)cc1NC(=O)Cc1noc2cc(C)cc(C)c12. The number of rotatable bonds is 9. The highest BCUT2D eigenvalue weighted by Crippen LogP contribution is 2.37. The Bertz CT molecular complexity index is 1400. The van der Waals surface area contributed by atoms with Crippen LogP contribution in [0.2, 0.25) is 0 Å². The molecule has 0 spiro atoms. The first-order chi connectivity index (χ1) is 17.4. The van der Waals surface area contributed by atoms with Crippen molar-refractivity contribution in [2.45, 2.75) is 34.1 Å². The van der Waals surface area contributed by atoms with E-state index >= 15 is 0 Å². The molecule has 0 saturated carbocycles. The minimum absolute atomic E-state index is 0.0267. The number of anilines is 2. The van der Waals surface area contributed by atoms with Crippen molar-refractivity contribution in [2.24, 2.45) is 0 Å². The highest BCUT2D eigenvalue weighted by molar-refractivity contribution is 6.05. The zero-order valence-corrected chi connectivity index (χ0v) is 20.8. The number of fused-ring (bicyclic) bond motifs is 1. The topological polar surface area (TPSA) is 103 Å². The van der Waals surface area contributed by atoms with Gasteiger partial charge >= 0.3 is 0 Å². The van der Waals surface area contributed by atoms with Crippen LogP contribution in [0.1, 0.15) is 41.0 Å². The molecule has 186 valence electrons. The average molecular weight is 488 g/mol. The molecule has 0 fully saturated rings. The number of carbonyl (C=O) groups excluding carboxylic acids is 2. The van der Waals surface area contributed by atoms with Gasteiger partial charge in [0.25, 0.3) is 5.91 Å². The molecule has 0 aliphatic rings. The minimum Gasteiger partial charge on any atom is -0.492 e. The van der Waals surface area contributed by atoms with E-state index in [4.69, 9.17) is 14.0 Å². The summed E-state index contributed by atoms with van der Waals surface area (Å²) in [5, 5.41) is 10.7. The van der Waals surface area contributed by atoms with Crippen LogP contribution >= 0.6 is 0 Å². The molecule has 8 nitrogen and oxygen atoms in total. The summed E-state index contributed by atoms with van der Waals surface area (Å²) in [5.41, 5.74) is 4.68. The Hall–Kier alpha value is -4.33. The van der Waals surface area contributed by atoms with Crippen LogP contribution in [0.3, 0.4) is 0 Å². The summed E-state index contributed by atoms with van der Waals surface area (Å²) in [5.74, 6) is 0.266. The third-order valence-corrected chi connectivity index (χ3v) is 5.55. The number of nitrogens with one attached hydrogen (secondary N) is 2. The van der Waals surface area contributed by atoms with Crippen LogP contribution in [0.25, 0.3) is 11.0 Å². The highest BCUT2D eigenvalue weighted by atomic mass is 16.5. The number of benzene rings is 3. The fourth-order valence-electron chi connectivity index (χ4n) is 4.08. The smallest absolute Gasteiger partial charge is 0.255 e. The van der Waals surface area contributed by atoms with Gasteiger partial charge in [-0.05, 0) is 57.0 Å². The number of ether oxygens (including phenoxy) is 2. The molecule has 0 unspecified atom stereocenters. The summed E-state index contributed by atoms with van der Waals surface area (Å²) in [7, 11) is 0. The maximum atomic E-state index is 13.0. The van der Waals surface area contributed by atoms with Crippen molar-refractivity contribution in [3.63, 3.8) is 0 Å². The van der Waals surface area contributed by atoms with Crippen LogP contribution in [0, 0.1) is 13.8 Å². The molecule has 36 heavy (non-hydrogen) atoms. The lowest BCUT2D eigenvalue weighted by Crippen LogP contribution is -2.17. The Morgan fingerprint density at radius 1 is 0.889 bits per heavy atom. The van der Waals surface area contributed by atoms with Crippen LogP contribution in [0.15, 0.2) is 59.1 Å². The van der Waals surface area contributed by atoms with E-state index in [9.17, 15) is 9.59 Å². The van der Waals surface area contributed by atoms with Crippen molar-refractivity contribution in [3.8, 4) is 11.5 Å². The van der Waals surface area contributed by atoms with Crippen molar-refractivity contribution in [3.05, 3.63) is 77.0 Å². The molecule has 0 radical (unpaired) electrons. The number of hydrogen-bond acceptors (Lipinski definition) is 6. The molecule has 3 aromatic carbocycles. The number of amides is 2. The Morgan fingerprint density at radius 2 is 1.53 bits per heavy atom. The summed E-state index contributed by atoms with van der Waals surface area (Å²) in [6, 6.07) is 16.1. The standard InChI is InChI=1S/C28H29N3O5/c1-5-34-23-15-21(30-28(33)19-10-8-7-9-11-19)24(35-6-2)14-20(23)29-26(32)16-22-27-18(4)12-17(3)13-25(27)36-31-22/h7-15H,5-6,16H2,1-4H3,(H,29,32)(H,30,33). The van der Waals surface area contributed by atoms with E-state index in [1.165, 1.54) is 0 Å². The van der Waals surface area contributed by atoms with E-state index in [1.807, 2.05) is 45.9 Å². The van der Waals surface area contributed by atoms with E-state index in [-0.39, 0.29) is 18.2 Å². The Balaban J connectivity index is 1.60. The Morgan fingerprint density at radius 3 is 2.17 bits per heavy atom. The fourth-order valence-corrected chi connectivity index (χ4v) is 4.08. The molecule has 8 heteroatoms. The van der Waals surface area contributed by atoms with Crippen molar-refractivity contribution >= 4 is 34.2 Å². The number of carbonyl (C=O) groups is 2. The second-order valence-electron chi connectivity index (χ2n) is 8.34. The largest absolute Gasteiger partial charge is 0.492 e. The summed E-state index contributed by atoms with van der Waals surface area (Å²) >= 11 is 0. The van der Waals surface area contributed by atoms with Gasteiger partial charge in [-0.25, -0.2) is 0 Å². The van der Waals surface area contributed by atoms with Gasteiger partial charge in [-0.15, -0.1) is 0 Å². The van der Waals surface area contributed by atoms with E-state index in [0.29, 0.717) is 52.9 Å². The first-order valence-corrected chi connectivity index (χ1v) is 11.8. The van der Waals surface area contributed by atoms with Gasteiger partial charge in [-0.1, -0.05) is 29.4 Å². The molecule has 0 bridgehead atoms. The normalized spacial score (nSPS) is 10.8. The zero-order valence-electron chi connectivity index (χ0n) is 20.8. The number of hydrogen-bond donors (Lipinski definition) is 2. The molecule has 1 aromatic heterocycles. The average Bonchev–Trinajstić information content (AvgIpc) is 3.24. The van der Waals surface area contributed by atoms with Crippen molar-refractivity contribution in [2.75, 3.05) is 23.8 Å². The fraction of sp³-hybridized carbons (Fsp3) is 0.250. The van der Waals surface area contributed by atoms with Gasteiger partial charge in [0.2, 0.25) is 5.91 Å². The highest BCUT2D eigenvalue weighted by Gasteiger charge is 2.19. The molecule has 2 amide bonds.